The van der Waals surface area contributed by atoms with Crippen molar-refractivity contribution in [1.82, 2.24) is 9.97 Å². The Balaban J connectivity index is 2.62. The number of H-pyrrole nitrogens is 1. The molecule has 4 heteroatoms. The van der Waals surface area contributed by atoms with E-state index in [1.807, 2.05) is 0 Å². The molecule has 90 valence electrons. The average molecular weight is 223 g/mol. The van der Waals surface area contributed by atoms with Crippen LogP contribution in [-0.2, 0) is 6.42 Å². The number of hydrogen-bond donors (Lipinski definition) is 2. The summed E-state index contributed by atoms with van der Waals surface area (Å²) in [5.41, 5.74) is 0.810. The van der Waals surface area contributed by atoms with Gasteiger partial charge >= 0.3 is 0 Å². The van der Waals surface area contributed by atoms with Gasteiger partial charge < -0.3 is 5.32 Å². The van der Waals surface area contributed by atoms with Gasteiger partial charge in [0.05, 0.1) is 0 Å². The van der Waals surface area contributed by atoms with Crippen LogP contribution in [0.25, 0.3) is 0 Å². The molecule has 0 unspecified atom stereocenters. The minimum absolute atomic E-state index is 0.0694. The van der Waals surface area contributed by atoms with E-state index in [0.29, 0.717) is 5.95 Å². The number of anilines is 1. The van der Waals surface area contributed by atoms with Crippen molar-refractivity contribution in [3.63, 3.8) is 0 Å². The van der Waals surface area contributed by atoms with E-state index in [1.165, 1.54) is 0 Å². The van der Waals surface area contributed by atoms with Crippen LogP contribution in [0, 0.1) is 0 Å². The zero-order chi connectivity index (χ0) is 11.8. The van der Waals surface area contributed by atoms with Crippen LogP contribution in [0.15, 0.2) is 10.9 Å². The van der Waals surface area contributed by atoms with Crippen LogP contribution < -0.4 is 10.9 Å². The number of aromatic amines is 1. The Kier molecular flexibility index (Phi) is 5.61. The molecule has 0 spiro atoms. The molecule has 0 aromatic carbocycles. The Bertz CT molecular complexity index is 360. The van der Waals surface area contributed by atoms with E-state index in [0.717, 1.165) is 44.3 Å². The van der Waals surface area contributed by atoms with E-state index >= 15 is 0 Å². The van der Waals surface area contributed by atoms with Gasteiger partial charge in [0.2, 0.25) is 5.95 Å². The number of aryl methyl sites for hydroxylation is 1. The van der Waals surface area contributed by atoms with Gasteiger partial charge in [-0.25, -0.2) is 4.98 Å². The maximum atomic E-state index is 11.4. The monoisotopic (exact) mass is 223 g/mol. The van der Waals surface area contributed by atoms with Gasteiger partial charge in [-0.3, -0.25) is 9.78 Å². The largest absolute Gasteiger partial charge is 0.356 e. The molecule has 1 heterocycles. The first-order chi connectivity index (χ1) is 7.76. The number of unbranched alkanes of at least 4 members (excludes halogenated alkanes) is 2. The lowest BCUT2D eigenvalue weighted by Crippen LogP contribution is -2.14. The summed E-state index contributed by atoms with van der Waals surface area (Å²) < 4.78 is 0. The van der Waals surface area contributed by atoms with Crippen LogP contribution in [-0.4, -0.2) is 16.5 Å². The summed E-state index contributed by atoms with van der Waals surface area (Å²) in [6, 6.07) is 1.58. The Labute approximate surface area is 96.5 Å². The number of rotatable bonds is 7. The molecule has 4 nitrogen and oxygen atoms in total. The second-order valence-corrected chi connectivity index (χ2v) is 3.97. The molecule has 0 bridgehead atoms. The predicted octanol–water partition coefficient (Wildman–Crippen LogP) is 2.32. The maximum absolute atomic E-state index is 11.4. The molecule has 1 rings (SSSR count). The molecule has 0 aliphatic heterocycles. The number of nitrogens with zero attached hydrogens (tertiary/aromatic N) is 1. The first kappa shape index (κ1) is 12.7. The van der Waals surface area contributed by atoms with Gasteiger partial charge in [0.1, 0.15) is 0 Å². The molecule has 0 radical (unpaired) electrons. The quantitative estimate of drug-likeness (QED) is 0.697. The van der Waals surface area contributed by atoms with Crippen LogP contribution in [0.5, 0.6) is 0 Å². The summed E-state index contributed by atoms with van der Waals surface area (Å²) in [4.78, 5) is 18.5. The standard InChI is InChI=1S/C12H21N3O/c1-3-5-7-10-9-11(16)15-12(14-10)13-8-6-4-2/h9H,3-8H2,1-2H3,(H2,13,14,15,16). The molecule has 0 saturated carbocycles. The Morgan fingerprint density at radius 2 is 2.06 bits per heavy atom. The predicted molar refractivity (Wildman–Crippen MR) is 66.9 cm³/mol. The van der Waals surface area contributed by atoms with Crippen LogP contribution in [0.1, 0.15) is 45.2 Å². The number of aromatic nitrogens is 2. The highest BCUT2D eigenvalue weighted by atomic mass is 16.1. The molecule has 1 aromatic heterocycles. The zero-order valence-electron chi connectivity index (χ0n) is 10.2. The molecule has 0 aliphatic rings. The molecule has 1 aromatic rings. The van der Waals surface area contributed by atoms with Crippen molar-refractivity contribution in [3.8, 4) is 0 Å². The fourth-order valence-electron chi connectivity index (χ4n) is 1.46. The number of nitrogens with one attached hydrogen (secondary N) is 2. The Morgan fingerprint density at radius 3 is 2.75 bits per heavy atom. The minimum atomic E-state index is -0.0694. The van der Waals surface area contributed by atoms with E-state index < -0.39 is 0 Å². The van der Waals surface area contributed by atoms with Gasteiger partial charge in [0, 0.05) is 18.3 Å². The zero-order valence-corrected chi connectivity index (χ0v) is 10.2. The van der Waals surface area contributed by atoms with Crippen molar-refractivity contribution in [3.05, 3.63) is 22.1 Å². The fraction of sp³-hybridized carbons (Fsp3) is 0.667. The van der Waals surface area contributed by atoms with Gasteiger partial charge in [-0.1, -0.05) is 26.7 Å². The summed E-state index contributed by atoms with van der Waals surface area (Å²) in [7, 11) is 0. The van der Waals surface area contributed by atoms with Crippen molar-refractivity contribution in [1.29, 1.82) is 0 Å². The molecule has 0 aliphatic carbocycles. The van der Waals surface area contributed by atoms with Gasteiger partial charge in [0.15, 0.2) is 0 Å². The third-order valence-corrected chi connectivity index (χ3v) is 2.40. The van der Waals surface area contributed by atoms with Crippen molar-refractivity contribution in [2.75, 3.05) is 11.9 Å². The van der Waals surface area contributed by atoms with E-state index in [-0.39, 0.29) is 5.56 Å². The van der Waals surface area contributed by atoms with Gasteiger partial charge in [0.25, 0.3) is 5.56 Å². The van der Waals surface area contributed by atoms with Crippen molar-refractivity contribution < 1.29 is 0 Å². The fourth-order valence-corrected chi connectivity index (χ4v) is 1.46. The molecule has 16 heavy (non-hydrogen) atoms. The first-order valence-electron chi connectivity index (χ1n) is 6.10. The minimum Gasteiger partial charge on any atom is -0.356 e. The highest BCUT2D eigenvalue weighted by molar-refractivity contribution is 5.24. The maximum Gasteiger partial charge on any atom is 0.252 e. The van der Waals surface area contributed by atoms with Crippen molar-refractivity contribution in [2.45, 2.75) is 46.0 Å². The lowest BCUT2D eigenvalue weighted by molar-refractivity contribution is 0.768. The van der Waals surface area contributed by atoms with Crippen molar-refractivity contribution >= 4 is 5.95 Å². The van der Waals surface area contributed by atoms with E-state index in [1.54, 1.807) is 6.07 Å². The highest BCUT2D eigenvalue weighted by Crippen LogP contribution is 2.02. The van der Waals surface area contributed by atoms with Gasteiger partial charge in [-0.2, -0.15) is 0 Å². The van der Waals surface area contributed by atoms with Crippen LogP contribution in [0.3, 0.4) is 0 Å². The third kappa shape index (κ3) is 4.47. The lowest BCUT2D eigenvalue weighted by atomic mass is 10.2. The summed E-state index contributed by atoms with van der Waals surface area (Å²) in [5.74, 6) is 0.604. The smallest absolute Gasteiger partial charge is 0.252 e. The first-order valence-corrected chi connectivity index (χ1v) is 6.10. The van der Waals surface area contributed by atoms with Crippen LogP contribution in [0.2, 0.25) is 0 Å². The van der Waals surface area contributed by atoms with Crippen LogP contribution >= 0.6 is 0 Å². The summed E-state index contributed by atoms with van der Waals surface area (Å²) in [6.07, 6.45) is 5.29. The van der Waals surface area contributed by atoms with E-state index in [9.17, 15) is 4.79 Å². The summed E-state index contributed by atoms with van der Waals surface area (Å²) in [6.45, 7) is 5.12. The van der Waals surface area contributed by atoms with Gasteiger partial charge in [-0.05, 0) is 19.3 Å². The topological polar surface area (TPSA) is 57.8 Å². The SMILES string of the molecule is CCCCNc1nc(CCCC)cc(=O)[nH]1. The molecule has 2 N–H and O–H groups in total. The lowest BCUT2D eigenvalue weighted by Gasteiger charge is -2.05. The molecule has 0 saturated heterocycles. The Morgan fingerprint density at radius 1 is 1.31 bits per heavy atom. The van der Waals surface area contributed by atoms with E-state index in [2.05, 4.69) is 29.1 Å². The molecule has 0 atom stereocenters. The third-order valence-electron chi connectivity index (χ3n) is 2.40. The highest BCUT2D eigenvalue weighted by Gasteiger charge is 2.00. The van der Waals surface area contributed by atoms with Crippen molar-refractivity contribution in [2.24, 2.45) is 0 Å². The van der Waals surface area contributed by atoms with E-state index in [4.69, 9.17) is 0 Å². The van der Waals surface area contributed by atoms with Crippen LogP contribution in [0.4, 0.5) is 5.95 Å². The number of hydrogen-bond acceptors (Lipinski definition) is 3. The summed E-state index contributed by atoms with van der Waals surface area (Å²) >= 11 is 0. The Hall–Kier alpha value is -1.32. The second-order valence-electron chi connectivity index (χ2n) is 3.97. The molecule has 0 amide bonds. The normalized spacial score (nSPS) is 10.4. The molecular weight excluding hydrogens is 202 g/mol. The van der Waals surface area contributed by atoms with Gasteiger partial charge in [-0.15, -0.1) is 0 Å². The molecular formula is C12H21N3O. The summed E-state index contributed by atoms with van der Waals surface area (Å²) in [5, 5.41) is 3.14. The second kappa shape index (κ2) is 7.04. The average Bonchev–Trinajstić information content (AvgIpc) is 2.26. The molecule has 0 fully saturated rings.